The van der Waals surface area contributed by atoms with Gasteiger partial charge in [0.2, 0.25) is 0 Å². The van der Waals surface area contributed by atoms with E-state index in [2.05, 4.69) is 20.7 Å². The number of carbonyl (C=O) groups excluding carboxylic acids is 1. The zero-order valence-corrected chi connectivity index (χ0v) is 12.4. The van der Waals surface area contributed by atoms with E-state index in [1.54, 1.807) is 13.0 Å². The van der Waals surface area contributed by atoms with Crippen LogP contribution in [0.4, 0.5) is 8.78 Å². The van der Waals surface area contributed by atoms with Crippen molar-refractivity contribution >= 4 is 33.5 Å². The number of benzene rings is 1. The largest absolute Gasteiger partial charge is 0.466 e. The van der Waals surface area contributed by atoms with Gasteiger partial charge in [0.1, 0.15) is 5.75 Å². The molecule has 0 spiro atoms. The number of rotatable bonds is 6. The molecular weight excluding hydrogens is 345 g/mol. The maximum absolute atomic E-state index is 12.4. The topological polar surface area (TPSA) is 35.5 Å². The molecular formula is C12H12BrClF2O3. The van der Waals surface area contributed by atoms with E-state index in [4.69, 9.17) is 16.3 Å². The summed E-state index contributed by atoms with van der Waals surface area (Å²) in [7, 11) is 0. The second kappa shape index (κ2) is 7.65. The zero-order valence-electron chi connectivity index (χ0n) is 10.1. The van der Waals surface area contributed by atoms with Gasteiger partial charge in [-0.3, -0.25) is 4.79 Å². The number of esters is 1. The smallest absolute Gasteiger partial charge is 0.387 e. The van der Waals surface area contributed by atoms with E-state index >= 15 is 0 Å². The quantitative estimate of drug-likeness (QED) is 0.571. The van der Waals surface area contributed by atoms with Gasteiger partial charge >= 0.3 is 12.6 Å². The van der Waals surface area contributed by atoms with Gasteiger partial charge in [-0.15, -0.1) is 0 Å². The molecule has 1 aromatic carbocycles. The highest BCUT2D eigenvalue weighted by atomic mass is 79.9. The average Bonchev–Trinajstić information content (AvgIpc) is 2.32. The summed E-state index contributed by atoms with van der Waals surface area (Å²) in [6.07, 6.45) is -0.211. The van der Waals surface area contributed by atoms with Crippen molar-refractivity contribution in [3.05, 3.63) is 28.3 Å². The van der Waals surface area contributed by atoms with Crippen molar-refractivity contribution in [2.75, 3.05) is 6.61 Å². The molecule has 0 N–H and O–H groups in total. The van der Waals surface area contributed by atoms with Crippen molar-refractivity contribution < 1.29 is 23.0 Å². The molecule has 0 aliphatic rings. The highest BCUT2D eigenvalue weighted by Gasteiger charge is 2.18. The predicted molar refractivity (Wildman–Crippen MR) is 71.1 cm³/mol. The highest BCUT2D eigenvalue weighted by molar-refractivity contribution is 9.08. The summed E-state index contributed by atoms with van der Waals surface area (Å²) in [5, 5.41) is 0.632. The van der Waals surface area contributed by atoms with Gasteiger partial charge < -0.3 is 9.47 Å². The fourth-order valence-corrected chi connectivity index (χ4v) is 2.09. The van der Waals surface area contributed by atoms with E-state index in [0.29, 0.717) is 10.9 Å². The average molecular weight is 358 g/mol. The van der Waals surface area contributed by atoms with Crippen LogP contribution in [-0.2, 0) is 21.3 Å². The Kier molecular flexibility index (Phi) is 6.51. The molecule has 19 heavy (non-hydrogen) atoms. The SMILES string of the molecule is CCOC(=O)Cc1c(Cl)cc(CBr)cc1OC(F)F. The Hall–Kier alpha value is -0.880. The molecule has 0 aliphatic carbocycles. The first-order chi connectivity index (χ1) is 8.97. The maximum Gasteiger partial charge on any atom is 0.387 e. The van der Waals surface area contributed by atoms with Gasteiger partial charge in [-0.2, -0.15) is 8.78 Å². The minimum absolute atomic E-state index is 0.106. The minimum Gasteiger partial charge on any atom is -0.466 e. The third-order valence-corrected chi connectivity index (χ3v) is 3.20. The molecule has 0 aromatic heterocycles. The summed E-state index contributed by atoms with van der Waals surface area (Å²) >= 11 is 9.19. The Labute approximate surface area is 123 Å². The summed E-state index contributed by atoms with van der Waals surface area (Å²) in [5.74, 6) is -0.653. The first kappa shape index (κ1) is 16.2. The second-order valence-corrected chi connectivity index (χ2v) is 4.52. The Morgan fingerprint density at radius 2 is 2.16 bits per heavy atom. The number of hydrogen-bond acceptors (Lipinski definition) is 3. The lowest BCUT2D eigenvalue weighted by molar-refractivity contribution is -0.142. The van der Waals surface area contributed by atoms with Crippen LogP contribution in [0.2, 0.25) is 5.02 Å². The van der Waals surface area contributed by atoms with Gasteiger partial charge in [-0.1, -0.05) is 27.5 Å². The zero-order chi connectivity index (χ0) is 14.4. The van der Waals surface area contributed by atoms with Gasteiger partial charge in [-0.05, 0) is 24.6 Å². The first-order valence-corrected chi connectivity index (χ1v) is 6.95. The molecule has 0 fully saturated rings. The van der Waals surface area contributed by atoms with Crippen molar-refractivity contribution in [1.82, 2.24) is 0 Å². The fourth-order valence-electron chi connectivity index (χ4n) is 1.47. The molecule has 0 heterocycles. The Balaban J connectivity index is 3.08. The molecule has 0 atom stereocenters. The number of hydrogen-bond donors (Lipinski definition) is 0. The van der Waals surface area contributed by atoms with E-state index in [-0.39, 0.29) is 29.4 Å². The molecule has 106 valence electrons. The minimum atomic E-state index is -2.98. The lowest BCUT2D eigenvalue weighted by atomic mass is 10.1. The van der Waals surface area contributed by atoms with Crippen molar-refractivity contribution in [1.29, 1.82) is 0 Å². The van der Waals surface area contributed by atoms with E-state index in [0.717, 1.165) is 0 Å². The number of carbonyl (C=O) groups is 1. The molecule has 1 aromatic rings. The van der Waals surface area contributed by atoms with E-state index < -0.39 is 12.6 Å². The summed E-state index contributed by atoms with van der Waals surface area (Å²) in [5.41, 5.74) is 0.873. The van der Waals surface area contributed by atoms with Gasteiger partial charge in [0.25, 0.3) is 0 Å². The lowest BCUT2D eigenvalue weighted by Crippen LogP contribution is -2.11. The van der Waals surface area contributed by atoms with Crippen LogP contribution in [-0.4, -0.2) is 19.2 Å². The predicted octanol–water partition coefficient (Wildman–Crippen LogP) is 3.94. The number of halogens is 4. The standard InChI is InChI=1S/C12H12BrClF2O3/c1-2-18-11(17)5-8-9(14)3-7(6-13)4-10(8)19-12(15)16/h3-4,12H,2,5-6H2,1H3. The lowest BCUT2D eigenvalue weighted by Gasteiger charge is -2.13. The normalized spacial score (nSPS) is 10.6. The summed E-state index contributed by atoms with van der Waals surface area (Å²) in [4.78, 5) is 11.4. The number of ether oxygens (including phenoxy) is 2. The highest BCUT2D eigenvalue weighted by Crippen LogP contribution is 2.31. The maximum atomic E-state index is 12.4. The third kappa shape index (κ3) is 4.95. The third-order valence-electron chi connectivity index (χ3n) is 2.21. The van der Waals surface area contributed by atoms with E-state index in [1.807, 2.05) is 0 Å². The van der Waals surface area contributed by atoms with Crippen molar-refractivity contribution in [3.63, 3.8) is 0 Å². The first-order valence-electron chi connectivity index (χ1n) is 5.45. The van der Waals surface area contributed by atoms with Crippen LogP contribution in [0.15, 0.2) is 12.1 Å². The fraction of sp³-hybridized carbons (Fsp3) is 0.417. The molecule has 3 nitrogen and oxygen atoms in total. The van der Waals surface area contributed by atoms with Crippen molar-refractivity contribution in [2.24, 2.45) is 0 Å². The molecule has 0 saturated carbocycles. The molecule has 0 amide bonds. The van der Waals surface area contributed by atoms with Crippen LogP contribution in [0, 0.1) is 0 Å². The molecule has 0 saturated heterocycles. The summed E-state index contributed by atoms with van der Waals surface area (Å²) in [6.45, 7) is -1.12. The Morgan fingerprint density at radius 1 is 1.47 bits per heavy atom. The van der Waals surface area contributed by atoms with Crippen LogP contribution in [0.5, 0.6) is 5.75 Å². The van der Waals surface area contributed by atoms with Crippen LogP contribution in [0.1, 0.15) is 18.1 Å². The second-order valence-electron chi connectivity index (χ2n) is 3.55. The van der Waals surface area contributed by atoms with Gasteiger partial charge in [0.05, 0.1) is 13.0 Å². The molecule has 0 radical (unpaired) electrons. The van der Waals surface area contributed by atoms with E-state index in [9.17, 15) is 13.6 Å². The molecule has 0 aliphatic heterocycles. The van der Waals surface area contributed by atoms with Gasteiger partial charge in [-0.25, -0.2) is 0 Å². The van der Waals surface area contributed by atoms with Crippen molar-refractivity contribution in [2.45, 2.75) is 25.3 Å². The monoisotopic (exact) mass is 356 g/mol. The van der Waals surface area contributed by atoms with Crippen molar-refractivity contribution in [3.8, 4) is 5.75 Å². The molecule has 0 unspecified atom stereocenters. The Bertz CT molecular complexity index is 455. The summed E-state index contributed by atoms with van der Waals surface area (Å²) in [6, 6.07) is 3.00. The number of alkyl halides is 3. The van der Waals surface area contributed by atoms with E-state index in [1.165, 1.54) is 6.07 Å². The van der Waals surface area contributed by atoms with Gasteiger partial charge in [0, 0.05) is 15.9 Å². The molecule has 0 bridgehead atoms. The van der Waals surface area contributed by atoms with Crippen LogP contribution < -0.4 is 4.74 Å². The van der Waals surface area contributed by atoms with Crippen LogP contribution in [0.25, 0.3) is 0 Å². The molecule has 1 rings (SSSR count). The van der Waals surface area contributed by atoms with Gasteiger partial charge in [0.15, 0.2) is 0 Å². The van der Waals surface area contributed by atoms with Crippen LogP contribution in [0.3, 0.4) is 0 Å². The van der Waals surface area contributed by atoms with Crippen LogP contribution >= 0.6 is 27.5 Å². The molecule has 7 heteroatoms. The summed E-state index contributed by atoms with van der Waals surface area (Å²) < 4.78 is 33.9. The Morgan fingerprint density at radius 3 is 2.68 bits per heavy atom.